The molecule has 8 nitrogen and oxygen atoms in total. The SMILES string of the molecule is COC(=O)CC(C)c1cc(Br)c(O)c(Br)c1.O=C(O)CNC(=O)c1cc(Br)c(O)c(Br)c1. The standard InChI is InChI=1S/C11H12Br2O3.C9H7Br2NO4/c1-6(3-10(14)16-2)7-4-8(12)11(15)9(13)5-7;10-5-1-4(2-6(11)8(5)15)9(16)12-3-7(13)14/h4-6,15H,3H2,1-2H3;1-2,15H,3H2,(H,12,16)(H,13,14). The molecule has 0 bridgehead atoms. The molecule has 12 heteroatoms. The van der Waals surface area contributed by atoms with Crippen LogP contribution in [-0.4, -0.2) is 46.8 Å². The van der Waals surface area contributed by atoms with Crippen molar-refractivity contribution in [2.24, 2.45) is 0 Å². The third-order valence-electron chi connectivity index (χ3n) is 3.99. The van der Waals surface area contributed by atoms with Crippen LogP contribution < -0.4 is 5.32 Å². The lowest BCUT2D eigenvalue weighted by atomic mass is 9.98. The van der Waals surface area contributed by atoms with Gasteiger partial charge in [0.2, 0.25) is 0 Å². The van der Waals surface area contributed by atoms with E-state index in [-0.39, 0.29) is 28.9 Å². The van der Waals surface area contributed by atoms with E-state index in [0.29, 0.717) is 24.3 Å². The minimum absolute atomic E-state index is 0.0187. The smallest absolute Gasteiger partial charge is 0.322 e. The van der Waals surface area contributed by atoms with Gasteiger partial charge in [-0.15, -0.1) is 0 Å². The number of amides is 1. The molecule has 2 rings (SSSR count). The molecule has 4 N–H and O–H groups in total. The molecule has 0 aliphatic heterocycles. The number of rotatable bonds is 6. The summed E-state index contributed by atoms with van der Waals surface area (Å²) in [6.45, 7) is 1.48. The molecule has 0 fully saturated rings. The van der Waals surface area contributed by atoms with Crippen LogP contribution in [0.3, 0.4) is 0 Å². The molecule has 1 amide bonds. The monoisotopic (exact) mass is 701 g/mol. The van der Waals surface area contributed by atoms with Gasteiger partial charge in [0.05, 0.1) is 31.4 Å². The summed E-state index contributed by atoms with van der Waals surface area (Å²) in [6, 6.07) is 6.40. The van der Waals surface area contributed by atoms with Crippen molar-refractivity contribution in [1.82, 2.24) is 5.32 Å². The number of esters is 1. The van der Waals surface area contributed by atoms with Crippen molar-refractivity contribution in [3.05, 3.63) is 53.3 Å². The summed E-state index contributed by atoms with van der Waals surface area (Å²) in [6.07, 6.45) is 0.320. The molecule has 0 spiro atoms. The van der Waals surface area contributed by atoms with Crippen LogP contribution in [-0.2, 0) is 14.3 Å². The molecule has 0 aliphatic carbocycles. The zero-order chi connectivity index (χ0) is 24.6. The molecule has 1 atom stereocenters. The number of phenols is 2. The number of nitrogens with one attached hydrogen (secondary N) is 1. The molecule has 174 valence electrons. The first-order valence-electron chi connectivity index (χ1n) is 8.80. The number of benzene rings is 2. The first-order valence-corrected chi connectivity index (χ1v) is 12.0. The van der Waals surface area contributed by atoms with E-state index < -0.39 is 18.4 Å². The highest BCUT2D eigenvalue weighted by Gasteiger charge is 2.15. The van der Waals surface area contributed by atoms with Gasteiger partial charge in [-0.2, -0.15) is 0 Å². The summed E-state index contributed by atoms with van der Waals surface area (Å²) in [5, 5.41) is 29.6. The molecule has 0 aliphatic rings. The van der Waals surface area contributed by atoms with Crippen LogP contribution in [0.4, 0.5) is 0 Å². The van der Waals surface area contributed by atoms with E-state index in [4.69, 9.17) is 5.11 Å². The Labute approximate surface area is 217 Å². The number of carboxylic acid groups (broad SMARTS) is 1. The number of phenolic OH excluding ortho intramolecular Hbond substituents is 2. The van der Waals surface area contributed by atoms with E-state index in [1.165, 1.54) is 19.2 Å². The highest BCUT2D eigenvalue weighted by molar-refractivity contribution is 9.11. The van der Waals surface area contributed by atoms with Crippen molar-refractivity contribution in [1.29, 1.82) is 0 Å². The Hall–Kier alpha value is -1.63. The summed E-state index contributed by atoms with van der Waals surface area (Å²) in [4.78, 5) is 32.9. The molecule has 0 heterocycles. The van der Waals surface area contributed by atoms with E-state index in [2.05, 4.69) is 73.8 Å². The molecule has 1 unspecified atom stereocenters. The van der Waals surface area contributed by atoms with Gasteiger partial charge in [0, 0.05) is 5.56 Å². The lowest BCUT2D eigenvalue weighted by Gasteiger charge is -2.12. The Morgan fingerprint density at radius 2 is 1.38 bits per heavy atom. The molecule has 0 aromatic heterocycles. The molecule has 0 radical (unpaired) electrons. The molecule has 2 aromatic rings. The number of aliphatic carboxylic acids is 1. The summed E-state index contributed by atoms with van der Waals surface area (Å²) in [5.74, 6) is -1.70. The summed E-state index contributed by atoms with van der Waals surface area (Å²) in [7, 11) is 1.37. The molecule has 2 aromatic carbocycles. The Kier molecular flexibility index (Phi) is 11.7. The number of aromatic hydroxyl groups is 2. The average molecular weight is 705 g/mol. The van der Waals surface area contributed by atoms with Gasteiger partial charge in [-0.3, -0.25) is 14.4 Å². The van der Waals surface area contributed by atoms with Crippen LogP contribution in [0.5, 0.6) is 11.5 Å². The maximum absolute atomic E-state index is 11.5. The van der Waals surface area contributed by atoms with Crippen LogP contribution in [0.25, 0.3) is 0 Å². The van der Waals surface area contributed by atoms with Crippen LogP contribution in [0, 0.1) is 0 Å². The largest absolute Gasteiger partial charge is 0.506 e. The predicted molar refractivity (Wildman–Crippen MR) is 132 cm³/mol. The van der Waals surface area contributed by atoms with Crippen molar-refractivity contribution in [2.75, 3.05) is 13.7 Å². The van der Waals surface area contributed by atoms with Crippen molar-refractivity contribution < 1.29 is 34.4 Å². The van der Waals surface area contributed by atoms with Gasteiger partial charge in [-0.25, -0.2) is 0 Å². The van der Waals surface area contributed by atoms with Crippen molar-refractivity contribution >= 4 is 81.6 Å². The lowest BCUT2D eigenvalue weighted by Crippen LogP contribution is -2.29. The first kappa shape index (κ1) is 28.4. The number of halogens is 4. The summed E-state index contributed by atoms with van der Waals surface area (Å²) < 4.78 is 6.52. The number of carboxylic acids is 1. The van der Waals surface area contributed by atoms with Gasteiger partial charge < -0.3 is 25.4 Å². The normalized spacial score (nSPS) is 11.1. The van der Waals surface area contributed by atoms with E-state index in [0.717, 1.165) is 5.56 Å². The molecular formula is C20H19Br4NO7. The molecular weight excluding hydrogens is 686 g/mol. The van der Waals surface area contributed by atoms with E-state index >= 15 is 0 Å². The fourth-order valence-corrected chi connectivity index (χ4v) is 4.68. The maximum atomic E-state index is 11.5. The van der Waals surface area contributed by atoms with Crippen LogP contribution in [0.15, 0.2) is 42.2 Å². The van der Waals surface area contributed by atoms with Gasteiger partial charge in [0.15, 0.2) is 0 Å². The number of carbonyl (C=O) groups is 3. The average Bonchev–Trinajstić information content (AvgIpc) is 2.73. The van der Waals surface area contributed by atoms with Crippen molar-refractivity contribution in [2.45, 2.75) is 19.3 Å². The number of ether oxygens (including phenoxy) is 1. The number of hydrogen-bond donors (Lipinski definition) is 4. The van der Waals surface area contributed by atoms with E-state index in [1.54, 1.807) is 12.1 Å². The van der Waals surface area contributed by atoms with Gasteiger partial charge in [-0.05, 0) is 99.5 Å². The Bertz CT molecular complexity index is 967. The van der Waals surface area contributed by atoms with Gasteiger partial charge in [0.25, 0.3) is 5.91 Å². The topological polar surface area (TPSA) is 133 Å². The second-order valence-corrected chi connectivity index (χ2v) is 9.80. The quantitative estimate of drug-likeness (QED) is 0.300. The van der Waals surface area contributed by atoms with Crippen LogP contribution in [0.1, 0.15) is 35.2 Å². The lowest BCUT2D eigenvalue weighted by molar-refractivity contribution is -0.141. The second kappa shape index (κ2) is 13.2. The number of methoxy groups -OCH3 is 1. The third kappa shape index (κ3) is 8.72. The molecule has 0 saturated carbocycles. The summed E-state index contributed by atoms with van der Waals surface area (Å²) >= 11 is 12.6. The summed E-state index contributed by atoms with van der Waals surface area (Å²) in [5.41, 5.74) is 1.21. The highest BCUT2D eigenvalue weighted by atomic mass is 79.9. The zero-order valence-electron chi connectivity index (χ0n) is 16.8. The Balaban J connectivity index is 0.000000320. The van der Waals surface area contributed by atoms with E-state index in [1.807, 2.05) is 6.92 Å². The zero-order valence-corrected chi connectivity index (χ0v) is 23.1. The number of hydrogen-bond acceptors (Lipinski definition) is 6. The van der Waals surface area contributed by atoms with Gasteiger partial charge in [-0.1, -0.05) is 6.92 Å². The van der Waals surface area contributed by atoms with Gasteiger partial charge in [0.1, 0.15) is 18.0 Å². The van der Waals surface area contributed by atoms with Crippen molar-refractivity contribution in [3.63, 3.8) is 0 Å². The van der Waals surface area contributed by atoms with Gasteiger partial charge >= 0.3 is 11.9 Å². The Morgan fingerprint density at radius 1 is 0.938 bits per heavy atom. The minimum Gasteiger partial charge on any atom is -0.506 e. The van der Waals surface area contributed by atoms with Crippen LogP contribution in [0.2, 0.25) is 0 Å². The molecule has 32 heavy (non-hydrogen) atoms. The Morgan fingerprint density at radius 3 is 1.78 bits per heavy atom. The van der Waals surface area contributed by atoms with E-state index in [9.17, 15) is 24.6 Å². The molecule has 0 saturated heterocycles. The predicted octanol–water partition coefficient (Wildman–Crippen LogP) is 5.32. The maximum Gasteiger partial charge on any atom is 0.322 e. The minimum atomic E-state index is -1.12. The number of carbonyl (C=O) groups excluding carboxylic acids is 2. The second-order valence-electron chi connectivity index (χ2n) is 6.38. The van der Waals surface area contributed by atoms with Crippen molar-refractivity contribution in [3.8, 4) is 11.5 Å². The fourth-order valence-electron chi connectivity index (χ4n) is 2.28. The highest BCUT2D eigenvalue weighted by Crippen LogP contribution is 2.36. The fraction of sp³-hybridized carbons (Fsp3) is 0.250. The van der Waals surface area contributed by atoms with Crippen LogP contribution >= 0.6 is 63.7 Å². The first-order chi connectivity index (χ1) is 14.9. The third-order valence-corrected chi connectivity index (χ3v) is 6.41.